The van der Waals surface area contributed by atoms with E-state index in [0.29, 0.717) is 0 Å². The number of nitrogens with zero attached hydrogens (tertiary/aromatic N) is 3. The van der Waals surface area contributed by atoms with Gasteiger partial charge in [-0.25, -0.2) is 0 Å². The molecular formula is C27H36GeN3. The summed E-state index contributed by atoms with van der Waals surface area (Å²) < 4.78 is 0. The van der Waals surface area contributed by atoms with Crippen molar-refractivity contribution in [3.63, 3.8) is 0 Å². The van der Waals surface area contributed by atoms with Gasteiger partial charge in [0.05, 0.1) is 0 Å². The van der Waals surface area contributed by atoms with E-state index in [4.69, 9.17) is 0 Å². The number of rotatable bonds is 9. The Bertz CT molecular complexity index is 854. The molecule has 3 nitrogen and oxygen atoms in total. The Morgan fingerprint density at radius 3 is 0.968 bits per heavy atom. The molecule has 0 atom stereocenters. The minimum atomic E-state index is -1.54. The fourth-order valence-corrected chi connectivity index (χ4v) is 10.3. The van der Waals surface area contributed by atoms with Crippen LogP contribution in [-0.2, 0) is 15.8 Å². The molecule has 1 radical (unpaired) electrons. The van der Waals surface area contributed by atoms with Gasteiger partial charge in [-0.15, -0.1) is 0 Å². The van der Waals surface area contributed by atoms with Crippen LogP contribution in [0, 0.1) is 0 Å². The third kappa shape index (κ3) is 6.07. The van der Waals surface area contributed by atoms with E-state index >= 15 is 0 Å². The van der Waals surface area contributed by atoms with Crippen LogP contribution in [0.5, 0.6) is 0 Å². The van der Waals surface area contributed by atoms with Crippen molar-refractivity contribution in [2.45, 2.75) is 15.8 Å². The van der Waals surface area contributed by atoms with Crippen molar-refractivity contribution in [1.29, 1.82) is 0 Å². The number of hydrogen-bond donors (Lipinski definition) is 0. The normalized spacial score (nSPS) is 10.9. The van der Waals surface area contributed by atoms with E-state index < -0.39 is 14.3 Å². The van der Waals surface area contributed by atoms with Crippen LogP contribution < -0.4 is 14.7 Å². The fraction of sp³-hybridized carbons (Fsp3) is 0.333. The van der Waals surface area contributed by atoms with Gasteiger partial charge in [0, 0.05) is 0 Å². The molecule has 0 bridgehead atoms. The first kappa shape index (κ1) is 23.3. The predicted octanol–water partition coefficient (Wildman–Crippen LogP) is 5.02. The molecule has 31 heavy (non-hydrogen) atoms. The van der Waals surface area contributed by atoms with Crippen molar-refractivity contribution in [2.75, 3.05) is 57.0 Å². The van der Waals surface area contributed by atoms with Crippen molar-refractivity contribution in [3.8, 4) is 0 Å². The molecule has 3 aromatic rings. The third-order valence-corrected chi connectivity index (χ3v) is 11.3. The molecule has 3 rings (SSSR count). The number of para-hydroxylation sites is 3. The maximum atomic E-state index is 2.33. The standard InChI is InChI=1S/C27H36GeN3/c1-29(2)25-16-10-7-13-22(25)19-28(20-23-14-8-11-17-26(23)30(3)4)21-24-15-9-12-18-27(24)31(5)6/h7-18H,19-21H2,1-6H3. The molecule has 3 aromatic carbocycles. The number of benzene rings is 3. The first-order valence-corrected chi connectivity index (χ1v) is 15.4. The Morgan fingerprint density at radius 2 is 0.710 bits per heavy atom. The summed E-state index contributed by atoms with van der Waals surface area (Å²) in [6.45, 7) is 0. The van der Waals surface area contributed by atoms with Crippen LogP contribution in [0.4, 0.5) is 17.1 Å². The molecule has 0 saturated carbocycles. The van der Waals surface area contributed by atoms with Crippen LogP contribution in [0.3, 0.4) is 0 Å². The summed E-state index contributed by atoms with van der Waals surface area (Å²) in [6, 6.07) is 26.8. The molecule has 0 aromatic heterocycles. The Hall–Kier alpha value is -2.40. The van der Waals surface area contributed by atoms with Crippen molar-refractivity contribution in [2.24, 2.45) is 0 Å². The first-order chi connectivity index (χ1) is 14.9. The summed E-state index contributed by atoms with van der Waals surface area (Å²) in [7, 11) is 12.9. The zero-order chi connectivity index (χ0) is 22.4. The van der Waals surface area contributed by atoms with E-state index in [9.17, 15) is 0 Å². The Balaban J connectivity index is 1.97. The zero-order valence-electron chi connectivity index (χ0n) is 19.9. The maximum absolute atomic E-state index is 2.33. The van der Waals surface area contributed by atoms with E-state index in [0.717, 1.165) is 0 Å². The van der Waals surface area contributed by atoms with Crippen LogP contribution in [0.2, 0.25) is 0 Å². The van der Waals surface area contributed by atoms with Crippen molar-refractivity contribution in [3.05, 3.63) is 89.5 Å². The summed E-state index contributed by atoms with van der Waals surface area (Å²) in [5.41, 5.74) is 8.55. The molecule has 4 heteroatoms. The molecule has 0 saturated heterocycles. The molecule has 0 N–H and O–H groups in total. The van der Waals surface area contributed by atoms with Crippen LogP contribution in [0.15, 0.2) is 72.8 Å². The van der Waals surface area contributed by atoms with E-state index in [2.05, 4.69) is 130 Å². The van der Waals surface area contributed by atoms with Gasteiger partial charge in [-0.2, -0.15) is 0 Å². The van der Waals surface area contributed by atoms with Gasteiger partial charge in [0.15, 0.2) is 0 Å². The molecular weight excluding hydrogens is 439 g/mol. The molecule has 0 unspecified atom stereocenters. The van der Waals surface area contributed by atoms with Crippen LogP contribution in [0.1, 0.15) is 16.7 Å². The van der Waals surface area contributed by atoms with Crippen molar-refractivity contribution in [1.82, 2.24) is 0 Å². The Labute approximate surface area is 193 Å². The van der Waals surface area contributed by atoms with Crippen molar-refractivity contribution >= 4 is 31.4 Å². The molecule has 0 aliphatic rings. The summed E-state index contributed by atoms with van der Waals surface area (Å²) in [5, 5.41) is 3.66. The second-order valence-corrected chi connectivity index (χ2v) is 14.2. The Morgan fingerprint density at radius 1 is 0.452 bits per heavy atom. The van der Waals surface area contributed by atoms with Crippen LogP contribution in [-0.4, -0.2) is 56.6 Å². The zero-order valence-corrected chi connectivity index (χ0v) is 22.0. The summed E-state index contributed by atoms with van der Waals surface area (Å²) in [4.78, 5) is 6.77. The van der Waals surface area contributed by atoms with Gasteiger partial charge < -0.3 is 0 Å². The summed E-state index contributed by atoms with van der Waals surface area (Å²) in [6.07, 6.45) is 0. The second kappa shape index (κ2) is 10.8. The van der Waals surface area contributed by atoms with Gasteiger partial charge in [0.1, 0.15) is 0 Å². The average molecular weight is 475 g/mol. The Kier molecular flexibility index (Phi) is 8.08. The van der Waals surface area contributed by atoms with Crippen LogP contribution in [0.25, 0.3) is 0 Å². The molecule has 0 aliphatic heterocycles. The molecule has 0 aliphatic carbocycles. The second-order valence-electron chi connectivity index (χ2n) is 8.85. The number of anilines is 3. The van der Waals surface area contributed by atoms with Gasteiger partial charge in [0.25, 0.3) is 0 Å². The third-order valence-electron chi connectivity index (χ3n) is 5.74. The van der Waals surface area contributed by atoms with E-state index in [-0.39, 0.29) is 0 Å². The molecule has 0 amide bonds. The van der Waals surface area contributed by atoms with E-state index in [1.165, 1.54) is 49.5 Å². The molecule has 0 fully saturated rings. The van der Waals surface area contributed by atoms with Gasteiger partial charge in [-0.05, 0) is 0 Å². The average Bonchev–Trinajstić information content (AvgIpc) is 2.74. The number of hydrogen-bond acceptors (Lipinski definition) is 3. The van der Waals surface area contributed by atoms with Gasteiger partial charge in [-0.3, -0.25) is 0 Å². The quantitative estimate of drug-likeness (QED) is 0.403. The molecule has 0 heterocycles. The summed E-state index contributed by atoms with van der Waals surface area (Å²) >= 11 is -1.54. The van der Waals surface area contributed by atoms with Gasteiger partial charge in [-0.1, -0.05) is 0 Å². The summed E-state index contributed by atoms with van der Waals surface area (Å²) in [5.74, 6) is 0. The van der Waals surface area contributed by atoms with Crippen molar-refractivity contribution < 1.29 is 0 Å². The SMILES string of the molecule is CN(C)c1ccccc1[CH2][Ge]([CH2]c1ccccc1N(C)C)[CH2]c1ccccc1N(C)C. The van der Waals surface area contributed by atoms with Crippen LogP contribution >= 0.6 is 0 Å². The van der Waals surface area contributed by atoms with E-state index in [1.54, 1.807) is 0 Å². The molecule has 0 spiro atoms. The van der Waals surface area contributed by atoms with Gasteiger partial charge >= 0.3 is 194 Å². The first-order valence-electron chi connectivity index (χ1n) is 11.0. The fourth-order valence-electron chi connectivity index (χ4n) is 4.29. The minimum absolute atomic E-state index is 1.22. The van der Waals surface area contributed by atoms with Gasteiger partial charge in [0.2, 0.25) is 0 Å². The van der Waals surface area contributed by atoms with E-state index in [1.807, 2.05) is 0 Å². The topological polar surface area (TPSA) is 9.72 Å². The monoisotopic (exact) mass is 476 g/mol. The molecule has 163 valence electrons. The predicted molar refractivity (Wildman–Crippen MR) is 139 cm³/mol.